The van der Waals surface area contributed by atoms with E-state index in [-0.39, 0.29) is 0 Å². The van der Waals surface area contributed by atoms with Crippen LogP contribution in [0.4, 0.5) is 0 Å². The highest BCUT2D eigenvalue weighted by molar-refractivity contribution is 7.89. The van der Waals surface area contributed by atoms with Gasteiger partial charge in [0.25, 0.3) is 0 Å². The summed E-state index contributed by atoms with van der Waals surface area (Å²) in [6.07, 6.45) is 7.23. The van der Waals surface area contributed by atoms with Crippen LogP contribution in [0.1, 0.15) is 18.4 Å². The monoisotopic (exact) mass is 353 g/mol. The number of nitrogens with zero attached hydrogens (tertiary/aromatic N) is 3. The van der Waals surface area contributed by atoms with Crippen molar-refractivity contribution in [3.63, 3.8) is 0 Å². The van der Waals surface area contributed by atoms with E-state index in [9.17, 15) is 8.42 Å². The summed E-state index contributed by atoms with van der Waals surface area (Å²) in [7, 11) is -3.47. The molecule has 0 unspecified atom stereocenters. The summed E-state index contributed by atoms with van der Waals surface area (Å²) in [5.41, 5.74) is 0.731. The molecule has 0 saturated carbocycles. The second kappa shape index (κ2) is 6.63. The van der Waals surface area contributed by atoms with Crippen molar-refractivity contribution in [2.75, 3.05) is 13.1 Å². The van der Waals surface area contributed by atoms with Gasteiger partial charge in [-0.1, -0.05) is 17.7 Å². The number of rotatable bonds is 4. The molecule has 23 heavy (non-hydrogen) atoms. The molecule has 5 nitrogen and oxygen atoms in total. The Hall–Kier alpha value is -1.37. The molecule has 1 aliphatic rings. The summed E-state index contributed by atoms with van der Waals surface area (Å²) in [6, 6.07) is 5.01. The molecule has 0 bridgehead atoms. The van der Waals surface area contributed by atoms with Gasteiger partial charge in [0.15, 0.2) is 0 Å². The first-order chi connectivity index (χ1) is 11.0. The van der Waals surface area contributed by atoms with E-state index in [1.54, 1.807) is 42.0 Å². The molecule has 3 rings (SSSR count). The summed E-state index contributed by atoms with van der Waals surface area (Å²) in [4.78, 5) is 4.36. The average molecular weight is 354 g/mol. The first kappa shape index (κ1) is 16.5. The van der Waals surface area contributed by atoms with Gasteiger partial charge in [0.05, 0.1) is 11.2 Å². The van der Waals surface area contributed by atoms with Crippen molar-refractivity contribution in [2.45, 2.75) is 31.2 Å². The molecule has 1 aromatic carbocycles. The third-order valence-electron chi connectivity index (χ3n) is 4.37. The van der Waals surface area contributed by atoms with E-state index in [1.165, 1.54) is 0 Å². The second-order valence-electron chi connectivity index (χ2n) is 6.02. The van der Waals surface area contributed by atoms with Gasteiger partial charge in [-0.25, -0.2) is 13.4 Å². The average Bonchev–Trinajstić information content (AvgIpc) is 3.03. The van der Waals surface area contributed by atoms with Crippen LogP contribution in [0.3, 0.4) is 0 Å². The minimum Gasteiger partial charge on any atom is -0.337 e. The molecule has 0 aliphatic carbocycles. The third-order valence-corrected chi connectivity index (χ3v) is 6.65. The van der Waals surface area contributed by atoms with Crippen molar-refractivity contribution in [3.05, 3.63) is 47.5 Å². The van der Waals surface area contributed by atoms with Crippen LogP contribution in [0.15, 0.2) is 41.8 Å². The first-order valence-corrected chi connectivity index (χ1v) is 9.50. The van der Waals surface area contributed by atoms with Gasteiger partial charge < -0.3 is 4.57 Å². The fraction of sp³-hybridized carbons (Fsp3) is 0.438. The maximum atomic E-state index is 12.8. The lowest BCUT2D eigenvalue weighted by Crippen LogP contribution is -2.39. The number of sulfonamides is 1. The molecule has 1 fully saturated rings. The molecule has 0 spiro atoms. The third kappa shape index (κ3) is 3.59. The summed E-state index contributed by atoms with van der Waals surface area (Å²) in [5.74, 6) is 0.483. The highest BCUT2D eigenvalue weighted by Gasteiger charge is 2.30. The topological polar surface area (TPSA) is 55.2 Å². The summed E-state index contributed by atoms with van der Waals surface area (Å²) in [5, 5.41) is 0.448. The van der Waals surface area contributed by atoms with Crippen molar-refractivity contribution >= 4 is 21.6 Å². The molecule has 0 amide bonds. The lowest BCUT2D eigenvalue weighted by molar-refractivity contribution is 0.253. The second-order valence-corrected chi connectivity index (χ2v) is 8.36. The molecule has 1 aliphatic heterocycles. The highest BCUT2D eigenvalue weighted by atomic mass is 35.5. The first-order valence-electron chi connectivity index (χ1n) is 7.69. The van der Waals surface area contributed by atoms with E-state index in [1.807, 2.05) is 6.20 Å². The standard InChI is InChI=1S/C16H20ClN3O2S/c1-13-2-3-15(17)10-16(13)23(21,22)20-7-4-14(5-8-20)11-19-9-6-18-12-19/h2-3,6,9-10,12,14H,4-5,7-8,11H2,1H3. The lowest BCUT2D eigenvalue weighted by atomic mass is 9.98. The molecule has 0 N–H and O–H groups in total. The molecule has 1 saturated heterocycles. The van der Waals surface area contributed by atoms with Crippen molar-refractivity contribution in [2.24, 2.45) is 5.92 Å². The van der Waals surface area contributed by atoms with Gasteiger partial charge in [-0.05, 0) is 43.4 Å². The number of aryl methyl sites for hydroxylation is 1. The van der Waals surface area contributed by atoms with Crippen LogP contribution >= 0.6 is 11.6 Å². The Kier molecular flexibility index (Phi) is 4.75. The van der Waals surface area contributed by atoms with E-state index in [2.05, 4.69) is 9.55 Å². The smallest absolute Gasteiger partial charge is 0.243 e. The van der Waals surface area contributed by atoms with Crippen molar-refractivity contribution in [1.82, 2.24) is 13.9 Å². The normalized spacial score (nSPS) is 17.5. The molecule has 2 heterocycles. The molecule has 0 radical (unpaired) electrons. The van der Waals surface area contributed by atoms with E-state index in [0.717, 1.165) is 24.9 Å². The van der Waals surface area contributed by atoms with Crippen LogP contribution in [-0.4, -0.2) is 35.4 Å². The van der Waals surface area contributed by atoms with Gasteiger partial charge in [-0.15, -0.1) is 0 Å². The molecule has 1 aromatic heterocycles. The van der Waals surface area contributed by atoms with Crippen LogP contribution in [-0.2, 0) is 16.6 Å². The Morgan fingerprint density at radius 3 is 2.70 bits per heavy atom. The van der Waals surface area contributed by atoms with E-state index < -0.39 is 10.0 Å². The van der Waals surface area contributed by atoms with Crippen LogP contribution < -0.4 is 0 Å². The number of halogens is 1. The van der Waals surface area contributed by atoms with Gasteiger partial charge in [0.2, 0.25) is 10.0 Å². The van der Waals surface area contributed by atoms with Gasteiger partial charge >= 0.3 is 0 Å². The van der Waals surface area contributed by atoms with Gasteiger partial charge in [0.1, 0.15) is 0 Å². The van der Waals surface area contributed by atoms with Crippen LogP contribution in [0.25, 0.3) is 0 Å². The van der Waals surface area contributed by atoms with E-state index >= 15 is 0 Å². The lowest BCUT2D eigenvalue weighted by Gasteiger charge is -2.31. The molecular weight excluding hydrogens is 334 g/mol. The maximum absolute atomic E-state index is 12.8. The predicted octanol–water partition coefficient (Wildman–Crippen LogP) is 2.95. The minimum atomic E-state index is -3.47. The largest absolute Gasteiger partial charge is 0.337 e. The quantitative estimate of drug-likeness (QED) is 0.849. The Morgan fingerprint density at radius 1 is 1.30 bits per heavy atom. The van der Waals surface area contributed by atoms with Gasteiger partial charge in [-0.3, -0.25) is 0 Å². The molecule has 2 aromatic rings. The summed E-state index contributed by atoms with van der Waals surface area (Å²) >= 11 is 5.97. The zero-order valence-electron chi connectivity index (χ0n) is 13.0. The summed E-state index contributed by atoms with van der Waals surface area (Å²) < 4.78 is 29.3. The van der Waals surface area contributed by atoms with Crippen LogP contribution in [0.5, 0.6) is 0 Å². The van der Waals surface area contributed by atoms with Crippen molar-refractivity contribution < 1.29 is 8.42 Å². The van der Waals surface area contributed by atoms with E-state index in [4.69, 9.17) is 11.6 Å². The van der Waals surface area contributed by atoms with Crippen LogP contribution in [0, 0.1) is 12.8 Å². The Bertz CT molecular complexity index is 767. The zero-order chi connectivity index (χ0) is 16.4. The Balaban J connectivity index is 1.70. The highest BCUT2D eigenvalue weighted by Crippen LogP contribution is 2.28. The molecule has 7 heteroatoms. The number of piperidine rings is 1. The van der Waals surface area contributed by atoms with Crippen molar-refractivity contribution in [3.8, 4) is 0 Å². The Labute approximate surface area is 141 Å². The number of aromatic nitrogens is 2. The summed E-state index contributed by atoms with van der Waals surface area (Å²) in [6.45, 7) is 3.79. The fourth-order valence-corrected chi connectivity index (χ4v) is 4.97. The van der Waals surface area contributed by atoms with Gasteiger partial charge in [-0.2, -0.15) is 4.31 Å². The van der Waals surface area contributed by atoms with Gasteiger partial charge in [0, 0.05) is 37.1 Å². The zero-order valence-corrected chi connectivity index (χ0v) is 14.6. The number of imidazole rings is 1. The van der Waals surface area contributed by atoms with Crippen LogP contribution in [0.2, 0.25) is 5.02 Å². The molecule has 0 atom stereocenters. The maximum Gasteiger partial charge on any atom is 0.243 e. The Morgan fingerprint density at radius 2 is 2.04 bits per heavy atom. The number of hydrogen-bond acceptors (Lipinski definition) is 3. The fourth-order valence-electron chi connectivity index (χ4n) is 3.02. The number of benzene rings is 1. The SMILES string of the molecule is Cc1ccc(Cl)cc1S(=O)(=O)N1CCC(Cn2ccnc2)CC1. The number of hydrogen-bond donors (Lipinski definition) is 0. The van der Waals surface area contributed by atoms with Crippen molar-refractivity contribution in [1.29, 1.82) is 0 Å². The molecular formula is C16H20ClN3O2S. The minimum absolute atomic E-state index is 0.318. The predicted molar refractivity (Wildman–Crippen MR) is 89.9 cm³/mol. The van der Waals surface area contributed by atoms with E-state index in [0.29, 0.717) is 28.9 Å². The molecule has 124 valence electrons.